The zero-order chi connectivity index (χ0) is 14.6. The van der Waals surface area contributed by atoms with Crippen LogP contribution in [-0.2, 0) is 9.53 Å². The highest BCUT2D eigenvalue weighted by atomic mass is 16.5. The number of aliphatic carboxylic acids is 1. The third-order valence-corrected chi connectivity index (χ3v) is 3.67. The van der Waals surface area contributed by atoms with E-state index in [4.69, 9.17) is 4.74 Å². The van der Waals surface area contributed by atoms with Crippen LogP contribution in [0, 0.1) is 5.92 Å². The first-order valence-corrected chi connectivity index (χ1v) is 6.61. The molecule has 1 rings (SSSR count). The van der Waals surface area contributed by atoms with E-state index < -0.39 is 17.6 Å². The predicted octanol–water partition coefficient (Wildman–Crippen LogP) is 1.31. The average Bonchev–Trinajstić information content (AvgIpc) is 2.35. The predicted molar refractivity (Wildman–Crippen MR) is 71.0 cm³/mol. The Morgan fingerprint density at radius 1 is 1.47 bits per heavy atom. The number of likely N-dealkylation sites (tertiary alicyclic amines) is 1. The molecule has 19 heavy (non-hydrogen) atoms. The molecule has 6 heteroatoms. The summed E-state index contributed by atoms with van der Waals surface area (Å²) in [6.07, 6.45) is 1.68. The largest absolute Gasteiger partial charge is 0.480 e. The number of methoxy groups -OCH3 is 1. The Morgan fingerprint density at radius 3 is 2.63 bits per heavy atom. The fourth-order valence-electron chi connectivity index (χ4n) is 2.25. The van der Waals surface area contributed by atoms with Crippen LogP contribution >= 0.6 is 0 Å². The van der Waals surface area contributed by atoms with Gasteiger partial charge in [-0.05, 0) is 32.6 Å². The summed E-state index contributed by atoms with van der Waals surface area (Å²) in [5.74, 6) is -0.958. The van der Waals surface area contributed by atoms with Gasteiger partial charge >= 0.3 is 12.0 Å². The van der Waals surface area contributed by atoms with Gasteiger partial charge in [0.1, 0.15) is 6.04 Å². The number of amides is 2. The van der Waals surface area contributed by atoms with Crippen LogP contribution in [-0.4, -0.2) is 53.8 Å². The molecule has 2 atom stereocenters. The number of urea groups is 1. The lowest BCUT2D eigenvalue weighted by atomic mass is 9.91. The van der Waals surface area contributed by atoms with Crippen LogP contribution in [0.3, 0.4) is 0 Å². The molecule has 0 aromatic heterocycles. The van der Waals surface area contributed by atoms with Gasteiger partial charge in [0.05, 0.1) is 5.60 Å². The second kappa shape index (κ2) is 6.23. The Bertz CT molecular complexity index is 344. The van der Waals surface area contributed by atoms with Gasteiger partial charge in [-0.15, -0.1) is 0 Å². The van der Waals surface area contributed by atoms with Gasteiger partial charge < -0.3 is 20.1 Å². The SMILES string of the molecule is COC(C)(C)CNC(=O)N1CCCC(C)C1C(=O)O. The Labute approximate surface area is 114 Å². The Morgan fingerprint density at radius 2 is 2.11 bits per heavy atom. The number of carboxylic acids is 1. The van der Waals surface area contributed by atoms with Crippen molar-refractivity contribution >= 4 is 12.0 Å². The normalized spacial score (nSPS) is 24.1. The molecule has 0 aromatic rings. The van der Waals surface area contributed by atoms with Crippen molar-refractivity contribution < 1.29 is 19.4 Å². The van der Waals surface area contributed by atoms with Gasteiger partial charge in [0.25, 0.3) is 0 Å². The average molecular weight is 272 g/mol. The van der Waals surface area contributed by atoms with Crippen molar-refractivity contribution in [1.29, 1.82) is 0 Å². The minimum Gasteiger partial charge on any atom is -0.480 e. The smallest absolute Gasteiger partial charge is 0.326 e. The zero-order valence-corrected chi connectivity index (χ0v) is 12.1. The maximum Gasteiger partial charge on any atom is 0.326 e. The molecule has 6 nitrogen and oxygen atoms in total. The molecule has 0 saturated carbocycles. The number of carbonyl (C=O) groups is 2. The van der Waals surface area contributed by atoms with Gasteiger partial charge in [-0.3, -0.25) is 0 Å². The lowest BCUT2D eigenvalue weighted by Crippen LogP contribution is -2.56. The molecule has 2 unspecified atom stereocenters. The number of hydrogen-bond acceptors (Lipinski definition) is 3. The van der Waals surface area contributed by atoms with Crippen molar-refractivity contribution in [3.05, 3.63) is 0 Å². The number of carbonyl (C=O) groups excluding carboxylic acids is 1. The summed E-state index contributed by atoms with van der Waals surface area (Å²) in [7, 11) is 1.58. The molecule has 0 aromatic carbocycles. The summed E-state index contributed by atoms with van der Waals surface area (Å²) in [6.45, 7) is 6.43. The van der Waals surface area contributed by atoms with Gasteiger partial charge in [0.15, 0.2) is 0 Å². The molecule has 2 N–H and O–H groups in total. The topological polar surface area (TPSA) is 78.9 Å². The van der Waals surface area contributed by atoms with Gasteiger partial charge in [0.2, 0.25) is 0 Å². The van der Waals surface area contributed by atoms with Crippen molar-refractivity contribution in [2.75, 3.05) is 20.2 Å². The van der Waals surface area contributed by atoms with E-state index in [1.807, 2.05) is 20.8 Å². The van der Waals surface area contributed by atoms with Gasteiger partial charge in [-0.2, -0.15) is 0 Å². The molecule has 0 aliphatic carbocycles. The maximum absolute atomic E-state index is 12.1. The van der Waals surface area contributed by atoms with Crippen LogP contribution in [0.25, 0.3) is 0 Å². The summed E-state index contributed by atoms with van der Waals surface area (Å²) in [6, 6.07) is -1.07. The summed E-state index contributed by atoms with van der Waals surface area (Å²) in [5.41, 5.74) is -0.463. The number of carboxylic acid groups (broad SMARTS) is 1. The minimum atomic E-state index is -0.937. The summed E-state index contributed by atoms with van der Waals surface area (Å²) in [5, 5.41) is 12.0. The maximum atomic E-state index is 12.1. The number of ether oxygens (including phenoxy) is 1. The number of hydrogen-bond donors (Lipinski definition) is 2. The van der Waals surface area contributed by atoms with E-state index in [0.29, 0.717) is 13.1 Å². The highest BCUT2D eigenvalue weighted by Crippen LogP contribution is 2.23. The number of piperidine rings is 1. The monoisotopic (exact) mass is 272 g/mol. The molecule has 1 aliphatic heterocycles. The molecule has 0 spiro atoms. The highest BCUT2D eigenvalue weighted by Gasteiger charge is 2.37. The first-order chi connectivity index (χ1) is 8.78. The molecule has 1 heterocycles. The molecule has 1 fully saturated rings. The van der Waals surface area contributed by atoms with Crippen LogP contribution in [0.1, 0.15) is 33.6 Å². The number of nitrogens with zero attached hydrogens (tertiary/aromatic N) is 1. The lowest BCUT2D eigenvalue weighted by Gasteiger charge is -2.37. The van der Waals surface area contributed by atoms with Crippen LogP contribution < -0.4 is 5.32 Å². The number of nitrogens with one attached hydrogen (secondary N) is 1. The lowest BCUT2D eigenvalue weighted by molar-refractivity contribution is -0.145. The van der Waals surface area contributed by atoms with Crippen LogP contribution in [0.2, 0.25) is 0 Å². The summed E-state index contributed by atoms with van der Waals surface area (Å²) < 4.78 is 5.22. The molecule has 0 bridgehead atoms. The van der Waals surface area contributed by atoms with E-state index >= 15 is 0 Å². The van der Waals surface area contributed by atoms with Crippen molar-refractivity contribution in [2.45, 2.75) is 45.3 Å². The molecule has 0 radical (unpaired) electrons. The molecule has 110 valence electrons. The Kier molecular flexibility index (Phi) is 5.17. The summed E-state index contributed by atoms with van der Waals surface area (Å²) in [4.78, 5) is 24.8. The second-order valence-corrected chi connectivity index (χ2v) is 5.72. The highest BCUT2D eigenvalue weighted by molar-refractivity contribution is 5.83. The fraction of sp³-hybridized carbons (Fsp3) is 0.846. The minimum absolute atomic E-state index is 0.0209. The standard InChI is InChI=1S/C13H24N2O4/c1-9-6-5-7-15(10(9)11(16)17)12(18)14-8-13(2,3)19-4/h9-10H,5-8H2,1-4H3,(H,14,18)(H,16,17). The van der Waals surface area contributed by atoms with Gasteiger partial charge in [0, 0.05) is 20.2 Å². The van der Waals surface area contributed by atoms with Crippen LogP contribution in [0.5, 0.6) is 0 Å². The van der Waals surface area contributed by atoms with E-state index in [1.165, 1.54) is 4.90 Å². The number of rotatable bonds is 4. The molecule has 1 saturated heterocycles. The van der Waals surface area contributed by atoms with Crippen LogP contribution in [0.15, 0.2) is 0 Å². The van der Waals surface area contributed by atoms with Crippen LogP contribution in [0.4, 0.5) is 4.79 Å². The van der Waals surface area contributed by atoms with Crippen molar-refractivity contribution in [2.24, 2.45) is 5.92 Å². The quantitative estimate of drug-likeness (QED) is 0.808. The van der Waals surface area contributed by atoms with Crippen molar-refractivity contribution in [3.63, 3.8) is 0 Å². The zero-order valence-electron chi connectivity index (χ0n) is 12.1. The van der Waals surface area contributed by atoms with Crippen molar-refractivity contribution in [1.82, 2.24) is 10.2 Å². The van der Waals surface area contributed by atoms with E-state index in [-0.39, 0.29) is 11.9 Å². The Hall–Kier alpha value is -1.30. The third kappa shape index (κ3) is 4.09. The van der Waals surface area contributed by atoms with E-state index in [0.717, 1.165) is 12.8 Å². The first-order valence-electron chi connectivity index (χ1n) is 6.61. The van der Waals surface area contributed by atoms with Crippen molar-refractivity contribution in [3.8, 4) is 0 Å². The third-order valence-electron chi connectivity index (χ3n) is 3.67. The molecular formula is C13H24N2O4. The second-order valence-electron chi connectivity index (χ2n) is 5.72. The first kappa shape index (κ1) is 15.8. The molecular weight excluding hydrogens is 248 g/mol. The molecule has 1 aliphatic rings. The van der Waals surface area contributed by atoms with Gasteiger partial charge in [-0.25, -0.2) is 9.59 Å². The van der Waals surface area contributed by atoms with E-state index in [9.17, 15) is 14.7 Å². The van der Waals surface area contributed by atoms with E-state index in [1.54, 1.807) is 7.11 Å². The van der Waals surface area contributed by atoms with E-state index in [2.05, 4.69) is 5.32 Å². The molecule has 2 amide bonds. The van der Waals surface area contributed by atoms with Gasteiger partial charge in [-0.1, -0.05) is 6.92 Å². The Balaban J connectivity index is 2.66. The summed E-state index contributed by atoms with van der Waals surface area (Å²) >= 11 is 0. The fourth-order valence-corrected chi connectivity index (χ4v) is 2.25.